The van der Waals surface area contributed by atoms with E-state index in [4.69, 9.17) is 4.74 Å². The van der Waals surface area contributed by atoms with Gasteiger partial charge in [-0.25, -0.2) is 14.5 Å². The van der Waals surface area contributed by atoms with Crippen molar-refractivity contribution in [2.24, 2.45) is 0 Å². The lowest BCUT2D eigenvalue weighted by atomic mass is 10.2. The molecule has 0 saturated heterocycles. The Labute approximate surface area is 143 Å². The van der Waals surface area contributed by atoms with Crippen LogP contribution in [0, 0.1) is 0 Å². The van der Waals surface area contributed by atoms with Gasteiger partial charge in [0.1, 0.15) is 12.3 Å². The molecule has 0 radical (unpaired) electrons. The van der Waals surface area contributed by atoms with Gasteiger partial charge in [-0.15, -0.1) is 5.10 Å². The highest BCUT2D eigenvalue weighted by Crippen LogP contribution is 2.08. The minimum Gasteiger partial charge on any atom is -0.454 e. The standard InChI is InChI=1S/C18H15N5O2/c24-18(25-13-15-11-22-9-5-4-8-17(22)19-15)16-12-23(21-20-16)10-14-6-2-1-3-7-14/h1-9,11-12H,10,13H2. The van der Waals surface area contributed by atoms with Gasteiger partial charge < -0.3 is 9.14 Å². The Kier molecular flexibility index (Phi) is 3.96. The van der Waals surface area contributed by atoms with Crippen LogP contribution in [-0.2, 0) is 17.9 Å². The zero-order valence-corrected chi connectivity index (χ0v) is 13.3. The number of nitrogens with zero attached hydrogens (tertiary/aromatic N) is 5. The first-order valence-corrected chi connectivity index (χ1v) is 7.82. The number of esters is 1. The molecular weight excluding hydrogens is 318 g/mol. The van der Waals surface area contributed by atoms with Crippen LogP contribution in [0.5, 0.6) is 0 Å². The van der Waals surface area contributed by atoms with Gasteiger partial charge in [0.15, 0.2) is 5.69 Å². The molecule has 1 aromatic carbocycles. The molecule has 4 aromatic rings. The number of ether oxygens (including phenoxy) is 1. The molecule has 0 atom stereocenters. The van der Waals surface area contributed by atoms with E-state index in [1.165, 1.54) is 0 Å². The van der Waals surface area contributed by atoms with Gasteiger partial charge in [0.2, 0.25) is 0 Å². The highest BCUT2D eigenvalue weighted by atomic mass is 16.5. The van der Waals surface area contributed by atoms with Crippen LogP contribution in [0.1, 0.15) is 21.7 Å². The van der Waals surface area contributed by atoms with E-state index < -0.39 is 5.97 Å². The van der Waals surface area contributed by atoms with E-state index in [0.29, 0.717) is 12.2 Å². The lowest BCUT2D eigenvalue weighted by Gasteiger charge is -2.00. The zero-order chi connectivity index (χ0) is 17.1. The second kappa shape index (κ2) is 6.56. The maximum atomic E-state index is 12.1. The van der Waals surface area contributed by atoms with Crippen molar-refractivity contribution in [3.05, 3.63) is 84.1 Å². The van der Waals surface area contributed by atoms with E-state index in [9.17, 15) is 4.79 Å². The molecule has 3 aromatic heterocycles. The minimum absolute atomic E-state index is 0.0893. The van der Waals surface area contributed by atoms with Gasteiger partial charge in [-0.1, -0.05) is 41.6 Å². The number of imidazole rings is 1. The lowest BCUT2D eigenvalue weighted by molar-refractivity contribution is 0.0461. The van der Waals surface area contributed by atoms with Gasteiger partial charge in [-0.3, -0.25) is 0 Å². The Morgan fingerprint density at radius 3 is 2.72 bits per heavy atom. The van der Waals surface area contributed by atoms with Crippen LogP contribution in [0.15, 0.2) is 67.1 Å². The second-order valence-electron chi connectivity index (χ2n) is 5.56. The molecule has 0 aliphatic heterocycles. The van der Waals surface area contributed by atoms with Gasteiger partial charge in [0.25, 0.3) is 0 Å². The Morgan fingerprint density at radius 1 is 1.04 bits per heavy atom. The van der Waals surface area contributed by atoms with Crippen molar-refractivity contribution in [1.82, 2.24) is 24.4 Å². The van der Waals surface area contributed by atoms with Crippen molar-refractivity contribution < 1.29 is 9.53 Å². The fourth-order valence-electron chi connectivity index (χ4n) is 2.51. The van der Waals surface area contributed by atoms with E-state index in [-0.39, 0.29) is 12.3 Å². The highest BCUT2D eigenvalue weighted by Gasteiger charge is 2.13. The summed E-state index contributed by atoms with van der Waals surface area (Å²) < 4.78 is 8.76. The molecule has 0 N–H and O–H groups in total. The second-order valence-corrected chi connectivity index (χ2v) is 5.56. The minimum atomic E-state index is -0.517. The molecule has 7 nitrogen and oxygen atoms in total. The molecule has 25 heavy (non-hydrogen) atoms. The first-order chi connectivity index (χ1) is 12.3. The van der Waals surface area contributed by atoms with Crippen LogP contribution in [0.4, 0.5) is 0 Å². The summed E-state index contributed by atoms with van der Waals surface area (Å²) in [5, 5.41) is 7.85. The lowest BCUT2D eigenvalue weighted by Crippen LogP contribution is -2.06. The average molecular weight is 333 g/mol. The maximum Gasteiger partial charge on any atom is 0.360 e. The monoisotopic (exact) mass is 333 g/mol. The molecule has 124 valence electrons. The summed E-state index contributed by atoms with van der Waals surface area (Å²) in [5.74, 6) is -0.517. The van der Waals surface area contributed by atoms with Gasteiger partial charge in [-0.05, 0) is 17.7 Å². The van der Waals surface area contributed by atoms with Crippen molar-refractivity contribution in [3.8, 4) is 0 Å². The van der Waals surface area contributed by atoms with Crippen molar-refractivity contribution >= 4 is 11.6 Å². The van der Waals surface area contributed by atoms with Crippen molar-refractivity contribution in [2.75, 3.05) is 0 Å². The number of aromatic nitrogens is 5. The highest BCUT2D eigenvalue weighted by molar-refractivity contribution is 5.86. The normalized spacial score (nSPS) is 10.9. The molecule has 0 saturated carbocycles. The Balaban J connectivity index is 1.39. The van der Waals surface area contributed by atoms with E-state index in [0.717, 1.165) is 11.2 Å². The molecule has 3 heterocycles. The summed E-state index contributed by atoms with van der Waals surface area (Å²) in [6.07, 6.45) is 5.30. The predicted octanol–water partition coefficient (Wildman–Crippen LogP) is 2.33. The molecule has 0 spiro atoms. The Hall–Kier alpha value is -3.48. The molecule has 4 rings (SSSR count). The maximum absolute atomic E-state index is 12.1. The van der Waals surface area contributed by atoms with Crippen LogP contribution in [0.3, 0.4) is 0 Å². The smallest absolute Gasteiger partial charge is 0.360 e. The summed E-state index contributed by atoms with van der Waals surface area (Å²) >= 11 is 0. The molecular formula is C18H15N5O2. The van der Waals surface area contributed by atoms with E-state index >= 15 is 0 Å². The number of rotatable bonds is 5. The molecule has 0 unspecified atom stereocenters. The predicted molar refractivity (Wildman–Crippen MR) is 89.9 cm³/mol. The first-order valence-electron chi connectivity index (χ1n) is 7.82. The third-order valence-electron chi connectivity index (χ3n) is 3.70. The number of fused-ring (bicyclic) bond motifs is 1. The third kappa shape index (κ3) is 3.40. The number of hydrogen-bond donors (Lipinski definition) is 0. The summed E-state index contributed by atoms with van der Waals surface area (Å²) in [4.78, 5) is 16.5. The van der Waals surface area contributed by atoms with Crippen LogP contribution >= 0.6 is 0 Å². The van der Waals surface area contributed by atoms with Crippen molar-refractivity contribution in [1.29, 1.82) is 0 Å². The summed E-state index contributed by atoms with van der Waals surface area (Å²) in [6, 6.07) is 15.5. The zero-order valence-electron chi connectivity index (χ0n) is 13.3. The fourth-order valence-corrected chi connectivity index (χ4v) is 2.51. The van der Waals surface area contributed by atoms with Crippen molar-refractivity contribution in [2.45, 2.75) is 13.2 Å². The summed E-state index contributed by atoms with van der Waals surface area (Å²) in [6.45, 7) is 0.639. The summed E-state index contributed by atoms with van der Waals surface area (Å²) in [7, 11) is 0. The summed E-state index contributed by atoms with van der Waals surface area (Å²) in [5.41, 5.74) is 2.75. The third-order valence-corrected chi connectivity index (χ3v) is 3.70. The first kappa shape index (κ1) is 15.1. The molecule has 0 aliphatic rings. The fraction of sp³-hybridized carbons (Fsp3) is 0.111. The van der Waals surface area contributed by atoms with Crippen LogP contribution in [0.2, 0.25) is 0 Å². The topological polar surface area (TPSA) is 74.3 Å². The number of carbonyl (C=O) groups is 1. The van der Waals surface area contributed by atoms with Crippen LogP contribution in [0.25, 0.3) is 5.65 Å². The molecule has 0 amide bonds. The molecule has 0 fully saturated rings. The molecule has 0 bridgehead atoms. The largest absolute Gasteiger partial charge is 0.454 e. The SMILES string of the molecule is O=C(OCc1cn2ccccc2n1)c1cn(Cc2ccccc2)nn1. The van der Waals surface area contributed by atoms with Gasteiger partial charge in [-0.2, -0.15) is 0 Å². The molecule has 7 heteroatoms. The number of carbonyl (C=O) groups excluding carboxylic acids is 1. The van der Waals surface area contributed by atoms with Gasteiger partial charge >= 0.3 is 5.97 Å². The van der Waals surface area contributed by atoms with Crippen LogP contribution < -0.4 is 0 Å². The van der Waals surface area contributed by atoms with E-state index in [2.05, 4.69) is 15.3 Å². The van der Waals surface area contributed by atoms with E-state index in [1.54, 1.807) is 10.9 Å². The van der Waals surface area contributed by atoms with Gasteiger partial charge in [0, 0.05) is 12.4 Å². The molecule has 0 aliphatic carbocycles. The number of pyridine rings is 1. The average Bonchev–Trinajstić information content (AvgIpc) is 3.27. The Bertz CT molecular complexity index is 973. The van der Waals surface area contributed by atoms with E-state index in [1.807, 2.05) is 65.3 Å². The number of hydrogen-bond acceptors (Lipinski definition) is 5. The number of benzene rings is 1. The Morgan fingerprint density at radius 2 is 1.88 bits per heavy atom. The van der Waals surface area contributed by atoms with Crippen LogP contribution in [-0.4, -0.2) is 30.3 Å². The van der Waals surface area contributed by atoms with Crippen molar-refractivity contribution in [3.63, 3.8) is 0 Å². The quantitative estimate of drug-likeness (QED) is 0.524. The van der Waals surface area contributed by atoms with Gasteiger partial charge in [0.05, 0.1) is 18.4 Å².